The molecule has 0 aliphatic heterocycles. The molecule has 1 aromatic rings. The maximum absolute atomic E-state index is 11.0. The molecule has 0 heterocycles. The second-order valence-corrected chi connectivity index (χ2v) is 3.86. The molecular formula is C11H15ClN2O2. The minimum atomic E-state index is -0.892. The zero-order valence-electron chi connectivity index (χ0n) is 9.20. The molecule has 1 aromatic carbocycles. The van der Waals surface area contributed by atoms with Crippen molar-refractivity contribution in [1.82, 2.24) is 10.6 Å². The quantitative estimate of drug-likeness (QED) is 0.728. The summed E-state index contributed by atoms with van der Waals surface area (Å²) in [6.45, 7) is 0. The summed E-state index contributed by atoms with van der Waals surface area (Å²) in [5.74, 6) is -0.892. The van der Waals surface area contributed by atoms with E-state index in [0.29, 0.717) is 5.02 Å². The highest BCUT2D eigenvalue weighted by Crippen LogP contribution is 2.19. The Morgan fingerprint density at radius 3 is 2.19 bits per heavy atom. The number of hydrogen-bond acceptors (Lipinski definition) is 3. The van der Waals surface area contributed by atoms with Crippen LogP contribution >= 0.6 is 11.6 Å². The van der Waals surface area contributed by atoms with Gasteiger partial charge in [0, 0.05) is 5.02 Å². The van der Waals surface area contributed by atoms with Crippen LogP contribution in [0.3, 0.4) is 0 Å². The van der Waals surface area contributed by atoms with Gasteiger partial charge in [-0.3, -0.25) is 4.79 Å². The van der Waals surface area contributed by atoms with E-state index in [-0.39, 0.29) is 6.04 Å². The van der Waals surface area contributed by atoms with E-state index in [2.05, 4.69) is 10.6 Å². The molecular weight excluding hydrogens is 228 g/mol. The van der Waals surface area contributed by atoms with Crippen LogP contribution in [-0.2, 0) is 4.79 Å². The number of likely N-dealkylation sites (N-methyl/N-ethyl adjacent to an activating group) is 2. The first-order valence-corrected chi connectivity index (χ1v) is 5.30. The van der Waals surface area contributed by atoms with Crippen LogP contribution in [0.4, 0.5) is 0 Å². The number of halogens is 1. The Hall–Kier alpha value is -1.10. The monoisotopic (exact) mass is 242 g/mol. The minimum Gasteiger partial charge on any atom is -0.480 e. The van der Waals surface area contributed by atoms with Gasteiger partial charge in [-0.2, -0.15) is 0 Å². The van der Waals surface area contributed by atoms with Crippen LogP contribution in [-0.4, -0.2) is 31.2 Å². The van der Waals surface area contributed by atoms with E-state index in [1.54, 1.807) is 26.2 Å². The van der Waals surface area contributed by atoms with Gasteiger partial charge in [-0.05, 0) is 31.8 Å². The molecule has 0 aliphatic carbocycles. The summed E-state index contributed by atoms with van der Waals surface area (Å²) < 4.78 is 0. The van der Waals surface area contributed by atoms with E-state index >= 15 is 0 Å². The highest BCUT2D eigenvalue weighted by molar-refractivity contribution is 6.30. The van der Waals surface area contributed by atoms with Crippen LogP contribution in [0.5, 0.6) is 0 Å². The summed E-state index contributed by atoms with van der Waals surface area (Å²) >= 11 is 5.78. The molecule has 0 aliphatic rings. The van der Waals surface area contributed by atoms with Crippen LogP contribution in [0.1, 0.15) is 11.6 Å². The fourth-order valence-corrected chi connectivity index (χ4v) is 1.75. The number of carboxylic acid groups (broad SMARTS) is 1. The van der Waals surface area contributed by atoms with Crippen molar-refractivity contribution in [2.75, 3.05) is 14.1 Å². The Bertz CT molecular complexity index is 354. The van der Waals surface area contributed by atoms with Crippen LogP contribution < -0.4 is 10.6 Å². The lowest BCUT2D eigenvalue weighted by Gasteiger charge is -2.23. The summed E-state index contributed by atoms with van der Waals surface area (Å²) in [7, 11) is 3.35. The fourth-order valence-electron chi connectivity index (χ4n) is 1.63. The van der Waals surface area contributed by atoms with E-state index < -0.39 is 12.0 Å². The molecule has 3 N–H and O–H groups in total. The Morgan fingerprint density at radius 1 is 1.25 bits per heavy atom. The lowest BCUT2D eigenvalue weighted by molar-refractivity contribution is -0.140. The zero-order valence-corrected chi connectivity index (χ0v) is 9.95. The van der Waals surface area contributed by atoms with Crippen molar-refractivity contribution < 1.29 is 9.90 Å². The molecule has 88 valence electrons. The molecule has 16 heavy (non-hydrogen) atoms. The van der Waals surface area contributed by atoms with Crippen molar-refractivity contribution >= 4 is 17.6 Å². The lowest BCUT2D eigenvalue weighted by Crippen LogP contribution is -2.44. The van der Waals surface area contributed by atoms with Crippen molar-refractivity contribution in [3.8, 4) is 0 Å². The van der Waals surface area contributed by atoms with Gasteiger partial charge >= 0.3 is 5.97 Å². The van der Waals surface area contributed by atoms with Crippen molar-refractivity contribution in [2.24, 2.45) is 0 Å². The SMILES string of the molecule is CNC(C(=O)O)C(NC)c1ccc(Cl)cc1. The first kappa shape index (κ1) is 13.0. The van der Waals surface area contributed by atoms with E-state index in [4.69, 9.17) is 16.7 Å². The number of aliphatic carboxylic acids is 1. The first-order valence-electron chi connectivity index (χ1n) is 4.93. The first-order chi connectivity index (χ1) is 7.60. The summed E-state index contributed by atoms with van der Waals surface area (Å²) in [5, 5.41) is 15.5. The molecule has 2 unspecified atom stereocenters. The maximum Gasteiger partial charge on any atom is 0.322 e. The molecule has 0 bridgehead atoms. The van der Waals surface area contributed by atoms with Gasteiger partial charge in [-0.1, -0.05) is 23.7 Å². The van der Waals surface area contributed by atoms with E-state index in [0.717, 1.165) is 5.56 Å². The third-order valence-electron chi connectivity index (χ3n) is 2.45. The second-order valence-electron chi connectivity index (χ2n) is 3.42. The summed E-state index contributed by atoms with van der Waals surface area (Å²) in [6, 6.07) is 6.16. The number of hydrogen-bond donors (Lipinski definition) is 3. The Morgan fingerprint density at radius 2 is 1.81 bits per heavy atom. The standard InChI is InChI=1S/C11H15ClN2O2/c1-13-9(10(14-2)11(15)16)7-3-5-8(12)6-4-7/h3-6,9-10,13-14H,1-2H3,(H,15,16). The van der Waals surface area contributed by atoms with Gasteiger partial charge in [-0.25, -0.2) is 0 Å². The molecule has 4 nitrogen and oxygen atoms in total. The molecule has 0 radical (unpaired) electrons. The van der Waals surface area contributed by atoms with Crippen molar-refractivity contribution in [3.63, 3.8) is 0 Å². The molecule has 0 amide bonds. The molecule has 0 fully saturated rings. The number of carbonyl (C=O) groups is 1. The third kappa shape index (κ3) is 2.95. The molecule has 0 spiro atoms. The fraction of sp³-hybridized carbons (Fsp3) is 0.364. The van der Waals surface area contributed by atoms with Gasteiger partial charge in [-0.15, -0.1) is 0 Å². The average Bonchev–Trinajstić information content (AvgIpc) is 2.26. The smallest absolute Gasteiger partial charge is 0.322 e. The number of rotatable bonds is 5. The molecule has 0 saturated carbocycles. The minimum absolute atomic E-state index is 0.292. The van der Waals surface area contributed by atoms with Gasteiger partial charge in [0.25, 0.3) is 0 Å². The van der Waals surface area contributed by atoms with Gasteiger partial charge in [0.1, 0.15) is 6.04 Å². The highest BCUT2D eigenvalue weighted by Gasteiger charge is 2.26. The molecule has 0 aromatic heterocycles. The predicted octanol–water partition coefficient (Wildman–Crippen LogP) is 1.27. The highest BCUT2D eigenvalue weighted by atomic mass is 35.5. The van der Waals surface area contributed by atoms with Gasteiger partial charge < -0.3 is 15.7 Å². The number of carboxylic acids is 1. The lowest BCUT2D eigenvalue weighted by atomic mass is 9.99. The van der Waals surface area contributed by atoms with Gasteiger partial charge in [0.2, 0.25) is 0 Å². The molecule has 5 heteroatoms. The molecule has 2 atom stereocenters. The van der Waals surface area contributed by atoms with Crippen LogP contribution in [0, 0.1) is 0 Å². The predicted molar refractivity (Wildman–Crippen MR) is 63.7 cm³/mol. The van der Waals surface area contributed by atoms with E-state index in [9.17, 15) is 4.79 Å². The van der Waals surface area contributed by atoms with Crippen molar-refractivity contribution in [1.29, 1.82) is 0 Å². The van der Waals surface area contributed by atoms with Crippen LogP contribution in [0.15, 0.2) is 24.3 Å². The van der Waals surface area contributed by atoms with Crippen LogP contribution in [0.25, 0.3) is 0 Å². The van der Waals surface area contributed by atoms with Gasteiger partial charge in [0.15, 0.2) is 0 Å². The third-order valence-corrected chi connectivity index (χ3v) is 2.70. The Labute approximate surface area is 99.6 Å². The summed E-state index contributed by atoms with van der Waals surface area (Å²) in [4.78, 5) is 11.0. The molecule has 1 rings (SSSR count). The topological polar surface area (TPSA) is 61.4 Å². The van der Waals surface area contributed by atoms with Gasteiger partial charge in [0.05, 0.1) is 6.04 Å². The normalized spacial score (nSPS) is 14.4. The van der Waals surface area contributed by atoms with E-state index in [1.807, 2.05) is 12.1 Å². The summed E-state index contributed by atoms with van der Waals surface area (Å²) in [5.41, 5.74) is 0.883. The second kappa shape index (κ2) is 5.84. The van der Waals surface area contributed by atoms with Crippen LogP contribution in [0.2, 0.25) is 5.02 Å². The number of nitrogens with one attached hydrogen (secondary N) is 2. The van der Waals surface area contributed by atoms with Crippen molar-refractivity contribution in [3.05, 3.63) is 34.9 Å². The summed E-state index contributed by atoms with van der Waals surface area (Å²) in [6.07, 6.45) is 0. The van der Waals surface area contributed by atoms with Crippen molar-refractivity contribution in [2.45, 2.75) is 12.1 Å². The molecule has 0 saturated heterocycles. The number of benzene rings is 1. The Balaban J connectivity index is 2.96. The maximum atomic E-state index is 11.0. The largest absolute Gasteiger partial charge is 0.480 e. The average molecular weight is 243 g/mol. The zero-order chi connectivity index (χ0) is 12.1. The Kier molecular flexibility index (Phi) is 4.73. The van der Waals surface area contributed by atoms with E-state index in [1.165, 1.54) is 0 Å².